The molecular weight excluding hydrogens is 442 g/mol. The summed E-state index contributed by atoms with van der Waals surface area (Å²) in [4.78, 5) is 55.3. The number of likely N-dealkylation sites (N-methyl/N-ethyl adjacent to an activating group) is 1. The van der Waals surface area contributed by atoms with Crippen LogP contribution in [-0.4, -0.2) is 69.4 Å². The predicted molar refractivity (Wildman–Crippen MR) is 118 cm³/mol. The summed E-state index contributed by atoms with van der Waals surface area (Å²) in [6.07, 6.45) is 1.98. The number of anilines is 1. The van der Waals surface area contributed by atoms with Gasteiger partial charge < -0.3 is 25.6 Å². The molecule has 0 unspecified atom stereocenters. The molecule has 3 aromatic rings. The van der Waals surface area contributed by atoms with Gasteiger partial charge in [-0.3, -0.25) is 19.2 Å². The molecule has 0 radical (unpaired) electrons. The van der Waals surface area contributed by atoms with Crippen molar-refractivity contribution in [2.75, 3.05) is 25.5 Å². The third kappa shape index (κ3) is 4.00. The monoisotopic (exact) mass is 463 g/mol. The number of hydrogen-bond donors (Lipinski definition) is 3. The Morgan fingerprint density at radius 3 is 2.85 bits per heavy atom. The van der Waals surface area contributed by atoms with Gasteiger partial charge in [-0.1, -0.05) is 6.07 Å². The van der Waals surface area contributed by atoms with Gasteiger partial charge in [0.25, 0.3) is 17.7 Å². The van der Waals surface area contributed by atoms with Crippen molar-refractivity contribution in [1.82, 2.24) is 30.1 Å². The summed E-state index contributed by atoms with van der Waals surface area (Å²) in [6, 6.07) is 7.51. The zero-order valence-electron chi connectivity index (χ0n) is 18.2. The first-order valence-electron chi connectivity index (χ1n) is 10.6. The molecule has 12 heteroatoms. The van der Waals surface area contributed by atoms with Crippen molar-refractivity contribution in [2.45, 2.75) is 19.0 Å². The smallest absolute Gasteiger partial charge is 0.270 e. The van der Waals surface area contributed by atoms with Crippen molar-refractivity contribution in [3.63, 3.8) is 0 Å². The average molecular weight is 463 g/mol. The van der Waals surface area contributed by atoms with Crippen LogP contribution >= 0.6 is 0 Å². The van der Waals surface area contributed by atoms with E-state index >= 15 is 0 Å². The summed E-state index contributed by atoms with van der Waals surface area (Å²) in [5, 5.41) is 12.3. The molecule has 0 aliphatic carbocycles. The van der Waals surface area contributed by atoms with Gasteiger partial charge in [0, 0.05) is 32.3 Å². The molecular formula is C22H21N7O5. The highest BCUT2D eigenvalue weighted by Crippen LogP contribution is 2.28. The van der Waals surface area contributed by atoms with Crippen LogP contribution < -0.4 is 20.7 Å². The van der Waals surface area contributed by atoms with Gasteiger partial charge in [-0.2, -0.15) is 5.10 Å². The lowest BCUT2D eigenvalue weighted by Gasteiger charge is -2.18. The molecule has 1 aromatic carbocycles. The molecule has 5 rings (SSSR count). The lowest BCUT2D eigenvalue weighted by Crippen LogP contribution is -2.41. The molecule has 2 aliphatic rings. The van der Waals surface area contributed by atoms with Crippen molar-refractivity contribution in [2.24, 2.45) is 0 Å². The second-order valence-electron chi connectivity index (χ2n) is 8.05. The molecule has 12 nitrogen and oxygen atoms in total. The number of aromatic nitrogens is 3. The maximum absolute atomic E-state index is 12.9. The average Bonchev–Trinajstić information content (AvgIpc) is 3.43. The molecule has 2 aromatic heterocycles. The van der Waals surface area contributed by atoms with Crippen molar-refractivity contribution in [1.29, 1.82) is 0 Å². The second-order valence-corrected chi connectivity index (χ2v) is 8.05. The molecule has 4 heterocycles. The summed E-state index contributed by atoms with van der Waals surface area (Å²) in [7, 11) is 1.68. The molecule has 0 spiro atoms. The number of likely N-dealkylation sites (tertiary alicyclic amines) is 1. The van der Waals surface area contributed by atoms with E-state index in [-0.39, 0.29) is 36.4 Å². The summed E-state index contributed by atoms with van der Waals surface area (Å²) >= 11 is 0. The maximum Gasteiger partial charge on any atom is 0.270 e. The van der Waals surface area contributed by atoms with Crippen molar-refractivity contribution in [3.8, 4) is 5.75 Å². The number of nitrogens with zero attached hydrogens (tertiary/aromatic N) is 4. The Balaban J connectivity index is 1.33. The van der Waals surface area contributed by atoms with Crippen LogP contribution in [0.5, 0.6) is 5.75 Å². The molecule has 4 amide bonds. The molecule has 2 aliphatic heterocycles. The van der Waals surface area contributed by atoms with Crippen LogP contribution in [0, 0.1) is 0 Å². The number of ether oxygens (including phenoxy) is 1. The molecule has 0 saturated carbocycles. The highest BCUT2D eigenvalue weighted by Gasteiger charge is 2.31. The second kappa shape index (κ2) is 8.46. The van der Waals surface area contributed by atoms with Crippen LogP contribution in [0.3, 0.4) is 0 Å². The quantitative estimate of drug-likeness (QED) is 0.481. The topological polar surface area (TPSA) is 147 Å². The number of carbonyl (C=O) groups is 4. The van der Waals surface area contributed by atoms with Gasteiger partial charge in [-0.05, 0) is 24.1 Å². The largest absolute Gasteiger partial charge is 0.482 e. The standard InChI is InChI=1S/C22H21N7O5/c1-28-7-5-13(22(28)33)27-21(32)16-9-15(25-18-4-6-24-29(16)18)20(31)23-10-12-2-3-17-14(8-12)26-19(30)11-34-17/h2-4,6,8-9,13H,5,7,10-11H2,1H3,(H,23,31)(H,26,30)(H,27,32)/t13-/m0/s1. The van der Waals surface area contributed by atoms with Crippen LogP contribution in [-0.2, 0) is 16.1 Å². The van der Waals surface area contributed by atoms with Crippen molar-refractivity contribution in [3.05, 3.63) is 53.5 Å². The molecule has 174 valence electrons. The molecule has 1 saturated heterocycles. The van der Waals surface area contributed by atoms with E-state index in [9.17, 15) is 19.2 Å². The van der Waals surface area contributed by atoms with E-state index in [2.05, 4.69) is 26.0 Å². The molecule has 1 atom stereocenters. The number of nitrogens with one attached hydrogen (secondary N) is 3. The van der Waals surface area contributed by atoms with Gasteiger partial charge in [0.1, 0.15) is 23.2 Å². The van der Waals surface area contributed by atoms with Gasteiger partial charge in [-0.15, -0.1) is 0 Å². The predicted octanol–water partition coefficient (Wildman–Crippen LogP) is -0.0493. The fourth-order valence-corrected chi connectivity index (χ4v) is 3.89. The van der Waals surface area contributed by atoms with Crippen molar-refractivity contribution < 1.29 is 23.9 Å². The van der Waals surface area contributed by atoms with Crippen molar-refractivity contribution >= 4 is 35.0 Å². The number of benzene rings is 1. The highest BCUT2D eigenvalue weighted by atomic mass is 16.5. The molecule has 0 bridgehead atoms. The number of rotatable bonds is 5. The first-order valence-corrected chi connectivity index (χ1v) is 10.6. The summed E-state index contributed by atoms with van der Waals surface area (Å²) < 4.78 is 6.66. The van der Waals surface area contributed by atoms with E-state index in [1.807, 2.05) is 0 Å². The van der Waals surface area contributed by atoms with Gasteiger partial charge in [-0.25, -0.2) is 9.50 Å². The number of fused-ring (bicyclic) bond motifs is 2. The minimum atomic E-state index is -0.623. The lowest BCUT2D eigenvalue weighted by atomic mass is 10.1. The van der Waals surface area contributed by atoms with E-state index in [1.165, 1.54) is 16.8 Å². The van der Waals surface area contributed by atoms with Crippen LogP contribution in [0.1, 0.15) is 33.0 Å². The van der Waals surface area contributed by atoms with Crippen LogP contribution in [0.25, 0.3) is 5.65 Å². The fraction of sp³-hybridized carbons (Fsp3) is 0.273. The number of amides is 4. The Hall–Kier alpha value is -4.48. The summed E-state index contributed by atoms with van der Waals surface area (Å²) in [6.45, 7) is 0.690. The van der Waals surface area contributed by atoms with E-state index in [1.54, 1.807) is 36.2 Å². The minimum Gasteiger partial charge on any atom is -0.482 e. The lowest BCUT2D eigenvalue weighted by molar-refractivity contribution is -0.128. The SMILES string of the molecule is CN1CC[C@H](NC(=O)c2cc(C(=O)NCc3ccc4c(c3)NC(=O)CO4)nc3ccnn23)C1=O. The van der Waals surface area contributed by atoms with Crippen LogP contribution in [0.4, 0.5) is 5.69 Å². The summed E-state index contributed by atoms with van der Waals surface area (Å²) in [5.74, 6) is -0.866. The van der Waals surface area contributed by atoms with Gasteiger partial charge in [0.2, 0.25) is 5.91 Å². The normalized spacial score (nSPS) is 17.2. The summed E-state index contributed by atoms with van der Waals surface area (Å²) in [5.41, 5.74) is 1.72. The third-order valence-corrected chi connectivity index (χ3v) is 5.69. The van der Waals surface area contributed by atoms with Crippen LogP contribution in [0.2, 0.25) is 0 Å². The van der Waals surface area contributed by atoms with Gasteiger partial charge in [0.05, 0.1) is 11.9 Å². The Bertz CT molecular complexity index is 1330. The minimum absolute atomic E-state index is 0.0302. The Labute approximate surface area is 193 Å². The number of hydrogen-bond acceptors (Lipinski definition) is 7. The molecule has 3 N–H and O–H groups in total. The van der Waals surface area contributed by atoms with Crippen LogP contribution in [0.15, 0.2) is 36.5 Å². The zero-order chi connectivity index (χ0) is 23.8. The first-order chi connectivity index (χ1) is 16.4. The first kappa shape index (κ1) is 21.4. The van der Waals surface area contributed by atoms with E-state index in [0.29, 0.717) is 30.0 Å². The van der Waals surface area contributed by atoms with Gasteiger partial charge >= 0.3 is 0 Å². The number of carbonyl (C=O) groups excluding carboxylic acids is 4. The maximum atomic E-state index is 12.9. The Morgan fingerprint density at radius 1 is 1.21 bits per heavy atom. The molecule has 1 fully saturated rings. The highest BCUT2D eigenvalue weighted by molar-refractivity contribution is 6.00. The van der Waals surface area contributed by atoms with E-state index in [4.69, 9.17) is 4.74 Å². The Kier molecular flexibility index (Phi) is 5.32. The fourth-order valence-electron chi connectivity index (χ4n) is 3.89. The van der Waals surface area contributed by atoms with E-state index < -0.39 is 17.9 Å². The van der Waals surface area contributed by atoms with Gasteiger partial charge in [0.15, 0.2) is 12.3 Å². The van der Waals surface area contributed by atoms with E-state index in [0.717, 1.165) is 5.56 Å². The zero-order valence-corrected chi connectivity index (χ0v) is 18.2. The third-order valence-electron chi connectivity index (χ3n) is 5.69. The molecule has 34 heavy (non-hydrogen) atoms. The Morgan fingerprint density at radius 2 is 2.06 bits per heavy atom.